The summed E-state index contributed by atoms with van der Waals surface area (Å²) in [4.78, 5) is 69.0. The fourth-order valence-corrected chi connectivity index (χ4v) is 6.06. The molecule has 3 heterocycles. The van der Waals surface area contributed by atoms with Gasteiger partial charge in [-0.1, -0.05) is 26.0 Å². The highest BCUT2D eigenvalue weighted by Gasteiger charge is 2.34. The lowest BCUT2D eigenvalue weighted by molar-refractivity contribution is -0.140. The van der Waals surface area contributed by atoms with Gasteiger partial charge in [0.15, 0.2) is 0 Å². The Morgan fingerprint density at radius 3 is 1.79 bits per heavy atom. The van der Waals surface area contributed by atoms with Crippen molar-refractivity contribution in [3.8, 4) is 5.75 Å². The van der Waals surface area contributed by atoms with Gasteiger partial charge in [-0.05, 0) is 55.7 Å². The van der Waals surface area contributed by atoms with E-state index < -0.39 is 70.4 Å². The first-order valence-corrected chi connectivity index (χ1v) is 18.2. The van der Waals surface area contributed by atoms with Crippen LogP contribution in [0.4, 0.5) is 22.0 Å². The number of nitrogens with zero attached hydrogens (tertiary/aromatic N) is 5. The molecule has 0 bridgehead atoms. The van der Waals surface area contributed by atoms with E-state index in [2.05, 4.69) is 35.2 Å². The number of esters is 1. The molecule has 0 aliphatic carbocycles. The highest BCUT2D eigenvalue weighted by Crippen LogP contribution is 2.31. The number of carbonyl (C=O) groups is 4. The number of aromatic nitrogens is 3. The van der Waals surface area contributed by atoms with Crippen molar-refractivity contribution in [1.29, 1.82) is 0 Å². The number of nitrogens with one attached hydrogen (secondary N) is 2. The molecule has 304 valence electrons. The Morgan fingerprint density at radius 2 is 1.25 bits per heavy atom. The Bertz CT molecular complexity index is 1940. The average Bonchev–Trinajstić information content (AvgIpc) is 3.21. The summed E-state index contributed by atoms with van der Waals surface area (Å²) in [5, 5.41) is 5.42. The maximum absolute atomic E-state index is 14.3. The maximum atomic E-state index is 14.3. The largest absolute Gasteiger partial charge is 0.420 e. The second-order valence-corrected chi connectivity index (χ2v) is 13.6. The molecule has 3 aromatic heterocycles. The van der Waals surface area contributed by atoms with Gasteiger partial charge in [-0.2, -0.15) is 8.78 Å². The Kier molecular flexibility index (Phi) is 16.1. The molecule has 1 aromatic carbocycles. The van der Waals surface area contributed by atoms with Crippen molar-refractivity contribution in [3.63, 3.8) is 0 Å². The quantitative estimate of drug-likeness (QED) is 0.0320. The van der Waals surface area contributed by atoms with Gasteiger partial charge in [0.2, 0.25) is 46.6 Å². The number of ether oxygens (including phenoxy) is 1. The molecule has 3 unspecified atom stereocenters. The van der Waals surface area contributed by atoms with Crippen LogP contribution >= 0.6 is 0 Å². The SMILES string of the molecule is CCC(CC(CC(C)C(=O)N(C)C)C(=O)NCCNC(=O)c1ccnc(CN(Cc2ccccn2)Cc2ccccn2)c1)C(=O)Oc1c(F)c(F)c(F)c(F)c1F. The van der Waals surface area contributed by atoms with E-state index in [4.69, 9.17) is 0 Å². The fourth-order valence-electron chi connectivity index (χ4n) is 6.06. The summed E-state index contributed by atoms with van der Waals surface area (Å²) < 4.78 is 74.2. The Balaban J connectivity index is 1.39. The summed E-state index contributed by atoms with van der Waals surface area (Å²) in [6.45, 7) is 4.42. The number of rotatable bonds is 19. The lowest BCUT2D eigenvalue weighted by Crippen LogP contribution is -2.40. The molecular formula is C40H44F5N7O5. The van der Waals surface area contributed by atoms with Crippen LogP contribution in [0, 0.1) is 46.8 Å². The lowest BCUT2D eigenvalue weighted by atomic mass is 9.85. The van der Waals surface area contributed by atoms with Crippen molar-refractivity contribution in [2.24, 2.45) is 17.8 Å². The molecule has 4 rings (SSSR count). The summed E-state index contributed by atoms with van der Waals surface area (Å²) in [6, 6.07) is 14.5. The predicted molar refractivity (Wildman–Crippen MR) is 197 cm³/mol. The molecular weight excluding hydrogens is 753 g/mol. The van der Waals surface area contributed by atoms with E-state index in [9.17, 15) is 41.1 Å². The molecule has 0 aliphatic rings. The number of carbonyl (C=O) groups excluding carboxylic acids is 4. The molecule has 3 amide bonds. The van der Waals surface area contributed by atoms with Gasteiger partial charge in [0, 0.05) is 82.8 Å². The van der Waals surface area contributed by atoms with E-state index in [1.807, 2.05) is 36.4 Å². The molecule has 12 nitrogen and oxygen atoms in total. The molecule has 0 aliphatic heterocycles. The van der Waals surface area contributed by atoms with Crippen LogP contribution in [0.5, 0.6) is 5.75 Å². The zero-order valence-corrected chi connectivity index (χ0v) is 31.9. The first kappa shape index (κ1) is 43.9. The molecule has 57 heavy (non-hydrogen) atoms. The Morgan fingerprint density at radius 1 is 0.702 bits per heavy atom. The van der Waals surface area contributed by atoms with Crippen LogP contribution < -0.4 is 15.4 Å². The van der Waals surface area contributed by atoms with Crippen LogP contribution in [0.1, 0.15) is 60.5 Å². The zero-order valence-electron chi connectivity index (χ0n) is 31.9. The van der Waals surface area contributed by atoms with Crippen LogP contribution in [0.2, 0.25) is 0 Å². The number of hydrogen-bond acceptors (Lipinski definition) is 9. The lowest BCUT2D eigenvalue weighted by Gasteiger charge is -2.25. The van der Waals surface area contributed by atoms with E-state index in [1.54, 1.807) is 31.5 Å². The van der Waals surface area contributed by atoms with Crippen molar-refractivity contribution in [2.75, 3.05) is 27.2 Å². The molecule has 0 fully saturated rings. The van der Waals surface area contributed by atoms with Gasteiger partial charge >= 0.3 is 5.97 Å². The Labute approximate surface area is 326 Å². The third-order valence-electron chi connectivity index (χ3n) is 9.04. The number of amides is 3. The fraction of sp³-hybridized carbons (Fsp3) is 0.375. The van der Waals surface area contributed by atoms with Crippen molar-refractivity contribution < 1.29 is 45.9 Å². The number of halogens is 5. The van der Waals surface area contributed by atoms with Gasteiger partial charge in [0.25, 0.3) is 5.91 Å². The number of hydrogen-bond donors (Lipinski definition) is 2. The normalized spacial score (nSPS) is 12.7. The molecule has 4 aromatic rings. The smallest absolute Gasteiger partial charge is 0.314 e. The summed E-state index contributed by atoms with van der Waals surface area (Å²) in [5.74, 6) is -19.0. The second kappa shape index (κ2) is 20.9. The highest BCUT2D eigenvalue weighted by molar-refractivity contribution is 5.94. The molecule has 17 heteroatoms. The summed E-state index contributed by atoms with van der Waals surface area (Å²) in [6.07, 6.45) is 4.56. The molecule has 0 saturated heterocycles. The van der Waals surface area contributed by atoms with Crippen LogP contribution in [0.25, 0.3) is 0 Å². The molecule has 0 saturated carbocycles. The minimum atomic E-state index is -2.41. The van der Waals surface area contributed by atoms with Crippen molar-refractivity contribution >= 4 is 23.7 Å². The van der Waals surface area contributed by atoms with E-state index in [0.717, 1.165) is 11.4 Å². The van der Waals surface area contributed by atoms with Crippen LogP contribution in [-0.2, 0) is 34.0 Å². The van der Waals surface area contributed by atoms with Crippen molar-refractivity contribution in [3.05, 3.63) is 119 Å². The number of benzene rings is 1. The van der Waals surface area contributed by atoms with Crippen LogP contribution in [-0.4, -0.2) is 75.6 Å². The van der Waals surface area contributed by atoms with Gasteiger partial charge in [-0.3, -0.25) is 39.0 Å². The van der Waals surface area contributed by atoms with E-state index in [-0.39, 0.29) is 38.3 Å². The van der Waals surface area contributed by atoms with E-state index in [0.29, 0.717) is 30.9 Å². The van der Waals surface area contributed by atoms with Gasteiger partial charge in [-0.25, -0.2) is 13.2 Å². The summed E-state index contributed by atoms with van der Waals surface area (Å²) in [5.41, 5.74) is 2.64. The van der Waals surface area contributed by atoms with Crippen LogP contribution in [0.15, 0.2) is 67.1 Å². The van der Waals surface area contributed by atoms with Crippen LogP contribution in [0.3, 0.4) is 0 Å². The van der Waals surface area contributed by atoms with E-state index in [1.165, 1.54) is 32.1 Å². The molecule has 0 radical (unpaired) electrons. The molecule has 3 atom stereocenters. The summed E-state index contributed by atoms with van der Waals surface area (Å²) >= 11 is 0. The minimum Gasteiger partial charge on any atom is -0.420 e. The first-order valence-electron chi connectivity index (χ1n) is 18.2. The van der Waals surface area contributed by atoms with Gasteiger partial charge in [-0.15, -0.1) is 0 Å². The van der Waals surface area contributed by atoms with Crippen molar-refractivity contribution in [1.82, 2.24) is 35.4 Å². The average molecular weight is 798 g/mol. The molecule has 2 N–H and O–H groups in total. The van der Waals surface area contributed by atoms with Gasteiger partial charge < -0.3 is 20.3 Å². The standard InChI is InChI=1S/C40H44F5N7O5/c1-5-25(40(56)57-36-34(44)32(42)31(41)33(43)35(36)45)19-27(18-24(2)39(55)51(3)4)38(54)50-17-16-49-37(53)26-12-15-48-30(20-26)23-52(21-28-10-6-8-13-46-28)22-29-11-7-9-14-47-29/h6-15,20,24-25,27H,5,16-19,21-23H2,1-4H3,(H,49,53)(H,50,54). The molecule has 0 spiro atoms. The Hall–Kier alpha value is -5.84. The highest BCUT2D eigenvalue weighted by atomic mass is 19.2. The third kappa shape index (κ3) is 12.3. The number of pyridine rings is 3. The van der Waals surface area contributed by atoms with Gasteiger partial charge in [0.05, 0.1) is 23.0 Å². The topological polar surface area (TPSA) is 147 Å². The predicted octanol–water partition coefficient (Wildman–Crippen LogP) is 5.37. The van der Waals surface area contributed by atoms with Gasteiger partial charge in [0.1, 0.15) is 0 Å². The third-order valence-corrected chi connectivity index (χ3v) is 9.04. The summed E-state index contributed by atoms with van der Waals surface area (Å²) in [7, 11) is 3.05. The minimum absolute atomic E-state index is 0.00783. The monoisotopic (exact) mass is 797 g/mol. The maximum Gasteiger partial charge on any atom is 0.314 e. The zero-order chi connectivity index (χ0) is 41.6. The first-order chi connectivity index (χ1) is 27.2. The van der Waals surface area contributed by atoms with E-state index >= 15 is 0 Å². The second-order valence-electron chi connectivity index (χ2n) is 13.6. The van der Waals surface area contributed by atoms with Crippen molar-refractivity contribution in [2.45, 2.75) is 52.7 Å².